The molecule has 1 unspecified atom stereocenters. The highest BCUT2D eigenvalue weighted by Crippen LogP contribution is 2.28. The van der Waals surface area contributed by atoms with Gasteiger partial charge in [0.25, 0.3) is 0 Å². The summed E-state index contributed by atoms with van der Waals surface area (Å²) in [5, 5.41) is 10.6. The highest BCUT2D eigenvalue weighted by atomic mass is 16.3. The zero-order valence-electron chi connectivity index (χ0n) is 12.2. The molecule has 1 N–H and O–H groups in total. The van der Waals surface area contributed by atoms with Crippen LogP contribution in [0.5, 0.6) is 0 Å². The van der Waals surface area contributed by atoms with Crippen molar-refractivity contribution in [1.29, 1.82) is 0 Å². The third kappa shape index (κ3) is 5.39. The predicted molar refractivity (Wildman–Crippen MR) is 74.2 cm³/mol. The second-order valence-corrected chi connectivity index (χ2v) is 6.49. The lowest BCUT2D eigenvalue weighted by atomic mass is 9.88. The maximum absolute atomic E-state index is 10.6. The molecule has 1 aliphatic heterocycles. The Labute approximate surface area is 107 Å². The van der Waals surface area contributed by atoms with Crippen molar-refractivity contribution in [2.24, 2.45) is 5.92 Å². The van der Waals surface area contributed by atoms with E-state index in [1.807, 2.05) is 0 Å². The first kappa shape index (κ1) is 15.0. The van der Waals surface area contributed by atoms with Gasteiger partial charge in [0, 0.05) is 12.6 Å². The summed E-state index contributed by atoms with van der Waals surface area (Å²) >= 11 is 0. The van der Waals surface area contributed by atoms with Gasteiger partial charge in [0.15, 0.2) is 0 Å². The minimum atomic E-state index is -0.376. The van der Waals surface area contributed by atoms with Crippen molar-refractivity contribution in [2.45, 2.75) is 77.9 Å². The van der Waals surface area contributed by atoms with Gasteiger partial charge in [0.2, 0.25) is 0 Å². The van der Waals surface area contributed by atoms with E-state index in [0.717, 1.165) is 44.7 Å². The third-order valence-corrected chi connectivity index (χ3v) is 4.11. The maximum atomic E-state index is 10.6. The van der Waals surface area contributed by atoms with Crippen LogP contribution >= 0.6 is 0 Å². The predicted octanol–water partition coefficient (Wildman–Crippen LogP) is 3.44. The number of hydrogen-bond acceptors (Lipinski definition) is 2. The van der Waals surface area contributed by atoms with E-state index in [9.17, 15) is 5.11 Å². The molecule has 0 spiro atoms. The second-order valence-electron chi connectivity index (χ2n) is 6.49. The lowest BCUT2D eigenvalue weighted by molar-refractivity contribution is 0.0132. The molecular formula is C15H31NO. The smallest absolute Gasteiger partial charge is 0.0660 e. The molecule has 0 bridgehead atoms. The van der Waals surface area contributed by atoms with E-state index in [1.165, 1.54) is 12.8 Å². The summed E-state index contributed by atoms with van der Waals surface area (Å²) in [5.74, 6) is 0.761. The van der Waals surface area contributed by atoms with Crippen LogP contribution in [0.1, 0.15) is 66.2 Å². The Morgan fingerprint density at radius 3 is 2.41 bits per heavy atom. The molecule has 1 heterocycles. The summed E-state index contributed by atoms with van der Waals surface area (Å²) in [4.78, 5) is 2.50. The normalized spacial score (nSPS) is 27.7. The molecule has 1 saturated heterocycles. The van der Waals surface area contributed by atoms with Crippen molar-refractivity contribution >= 4 is 0 Å². The van der Waals surface area contributed by atoms with E-state index in [4.69, 9.17) is 0 Å². The number of rotatable bonds is 5. The van der Waals surface area contributed by atoms with E-state index in [-0.39, 0.29) is 5.60 Å². The Morgan fingerprint density at radius 1 is 1.12 bits per heavy atom. The quantitative estimate of drug-likeness (QED) is 0.797. The van der Waals surface area contributed by atoms with Gasteiger partial charge in [0.05, 0.1) is 5.60 Å². The average molecular weight is 241 g/mol. The Hall–Kier alpha value is -0.0800. The first-order chi connectivity index (χ1) is 7.93. The first-order valence-corrected chi connectivity index (χ1v) is 7.39. The summed E-state index contributed by atoms with van der Waals surface area (Å²) in [6.07, 6.45) is 6.52. The summed E-state index contributed by atoms with van der Waals surface area (Å²) in [5.41, 5.74) is -0.376. The molecule has 1 rings (SSSR count). The fourth-order valence-electron chi connectivity index (χ4n) is 2.81. The highest BCUT2D eigenvalue weighted by molar-refractivity contribution is 4.84. The SMILES string of the molecule is CC(C)CCCC1(O)CCCN(C(C)C)CC1. The Kier molecular flexibility index (Phi) is 5.94. The molecule has 0 aromatic rings. The molecule has 102 valence electrons. The van der Waals surface area contributed by atoms with E-state index in [2.05, 4.69) is 32.6 Å². The molecule has 0 amide bonds. The molecule has 0 saturated carbocycles. The first-order valence-electron chi connectivity index (χ1n) is 7.39. The average Bonchev–Trinajstić information content (AvgIpc) is 2.40. The maximum Gasteiger partial charge on any atom is 0.0660 e. The number of nitrogens with zero attached hydrogens (tertiary/aromatic N) is 1. The zero-order chi connectivity index (χ0) is 12.9. The topological polar surface area (TPSA) is 23.5 Å². The molecular weight excluding hydrogens is 210 g/mol. The van der Waals surface area contributed by atoms with Crippen LogP contribution in [0.2, 0.25) is 0 Å². The number of aliphatic hydroxyl groups is 1. The van der Waals surface area contributed by atoms with Gasteiger partial charge in [-0.25, -0.2) is 0 Å². The molecule has 1 atom stereocenters. The van der Waals surface area contributed by atoms with Crippen LogP contribution in [0.4, 0.5) is 0 Å². The van der Waals surface area contributed by atoms with Gasteiger partial charge in [-0.1, -0.05) is 26.7 Å². The summed E-state index contributed by atoms with van der Waals surface area (Å²) in [7, 11) is 0. The van der Waals surface area contributed by atoms with Crippen LogP contribution in [-0.4, -0.2) is 34.7 Å². The monoisotopic (exact) mass is 241 g/mol. The fourth-order valence-corrected chi connectivity index (χ4v) is 2.81. The van der Waals surface area contributed by atoms with Crippen molar-refractivity contribution < 1.29 is 5.11 Å². The minimum Gasteiger partial charge on any atom is -0.390 e. The summed E-state index contributed by atoms with van der Waals surface area (Å²) in [6, 6.07) is 0.619. The van der Waals surface area contributed by atoms with Crippen molar-refractivity contribution in [3.05, 3.63) is 0 Å². The van der Waals surface area contributed by atoms with E-state index >= 15 is 0 Å². The van der Waals surface area contributed by atoms with Gasteiger partial charge in [-0.05, 0) is 52.0 Å². The third-order valence-electron chi connectivity index (χ3n) is 4.11. The fraction of sp³-hybridized carbons (Fsp3) is 1.00. The number of hydrogen-bond donors (Lipinski definition) is 1. The van der Waals surface area contributed by atoms with Gasteiger partial charge in [-0.15, -0.1) is 0 Å². The van der Waals surface area contributed by atoms with Crippen molar-refractivity contribution in [3.8, 4) is 0 Å². The molecule has 1 aliphatic rings. The highest BCUT2D eigenvalue weighted by Gasteiger charge is 2.30. The Morgan fingerprint density at radius 2 is 1.82 bits per heavy atom. The molecule has 0 aromatic carbocycles. The molecule has 2 nitrogen and oxygen atoms in total. The lowest BCUT2D eigenvalue weighted by Crippen LogP contribution is -2.34. The van der Waals surface area contributed by atoms with Crippen LogP contribution in [0, 0.1) is 5.92 Å². The largest absolute Gasteiger partial charge is 0.390 e. The Balaban J connectivity index is 2.37. The van der Waals surface area contributed by atoms with E-state index in [1.54, 1.807) is 0 Å². The van der Waals surface area contributed by atoms with Crippen LogP contribution in [0.25, 0.3) is 0 Å². The lowest BCUT2D eigenvalue weighted by Gasteiger charge is -2.28. The van der Waals surface area contributed by atoms with Gasteiger partial charge >= 0.3 is 0 Å². The summed E-state index contributed by atoms with van der Waals surface area (Å²) in [6.45, 7) is 11.3. The molecule has 2 heteroatoms. The van der Waals surface area contributed by atoms with Crippen molar-refractivity contribution in [2.75, 3.05) is 13.1 Å². The van der Waals surface area contributed by atoms with Gasteiger partial charge in [-0.2, -0.15) is 0 Å². The van der Waals surface area contributed by atoms with Crippen molar-refractivity contribution in [1.82, 2.24) is 4.90 Å². The minimum absolute atomic E-state index is 0.376. The van der Waals surface area contributed by atoms with Crippen LogP contribution < -0.4 is 0 Å². The van der Waals surface area contributed by atoms with Crippen LogP contribution in [0.15, 0.2) is 0 Å². The number of likely N-dealkylation sites (tertiary alicyclic amines) is 1. The van der Waals surface area contributed by atoms with Crippen LogP contribution in [0.3, 0.4) is 0 Å². The molecule has 0 aromatic heterocycles. The zero-order valence-corrected chi connectivity index (χ0v) is 12.2. The van der Waals surface area contributed by atoms with E-state index < -0.39 is 0 Å². The van der Waals surface area contributed by atoms with Gasteiger partial charge in [0.1, 0.15) is 0 Å². The van der Waals surface area contributed by atoms with Crippen LogP contribution in [-0.2, 0) is 0 Å². The van der Waals surface area contributed by atoms with Crippen molar-refractivity contribution in [3.63, 3.8) is 0 Å². The molecule has 0 aliphatic carbocycles. The second kappa shape index (κ2) is 6.75. The standard InChI is InChI=1S/C15H31NO/c1-13(2)7-5-8-15(17)9-6-11-16(12-10-15)14(3)4/h13-14,17H,5-12H2,1-4H3. The Bertz CT molecular complexity index is 215. The van der Waals surface area contributed by atoms with E-state index in [0.29, 0.717) is 6.04 Å². The van der Waals surface area contributed by atoms with Gasteiger partial charge < -0.3 is 10.0 Å². The molecule has 0 radical (unpaired) electrons. The van der Waals surface area contributed by atoms with Gasteiger partial charge in [-0.3, -0.25) is 0 Å². The molecule has 17 heavy (non-hydrogen) atoms. The molecule has 1 fully saturated rings. The summed E-state index contributed by atoms with van der Waals surface area (Å²) < 4.78 is 0.